The van der Waals surface area contributed by atoms with E-state index in [-0.39, 0.29) is 27.5 Å². The van der Waals surface area contributed by atoms with E-state index in [2.05, 4.69) is 15.9 Å². The molecule has 124 valence electrons. The number of nitrogens with one attached hydrogen (secondary N) is 1. The molecule has 0 spiro atoms. The molecule has 0 bridgehead atoms. The highest BCUT2D eigenvalue weighted by Crippen LogP contribution is 2.29. The summed E-state index contributed by atoms with van der Waals surface area (Å²) in [6, 6.07) is 2.18. The number of hydrogen-bond donors (Lipinski definition) is 1. The first kappa shape index (κ1) is 17.3. The molecule has 10 heteroatoms. The molecule has 0 unspecified atom stereocenters. The minimum absolute atomic E-state index is 0.134. The molecule has 23 heavy (non-hydrogen) atoms. The predicted octanol–water partition coefficient (Wildman–Crippen LogP) is 2.84. The van der Waals surface area contributed by atoms with Crippen LogP contribution in [0.15, 0.2) is 32.3 Å². The summed E-state index contributed by atoms with van der Waals surface area (Å²) in [5.74, 6) is -0.845. The molecule has 1 heterocycles. The molecule has 1 aromatic carbocycles. The van der Waals surface area contributed by atoms with Crippen molar-refractivity contribution in [2.75, 3.05) is 6.61 Å². The maximum Gasteiger partial charge on any atom is 0.431 e. The molecule has 0 aliphatic rings. The zero-order valence-corrected chi connectivity index (χ0v) is 13.1. The van der Waals surface area contributed by atoms with Gasteiger partial charge >= 0.3 is 11.9 Å². The van der Waals surface area contributed by atoms with Crippen molar-refractivity contribution in [1.82, 2.24) is 9.55 Å². The van der Waals surface area contributed by atoms with Crippen molar-refractivity contribution in [3.63, 3.8) is 0 Å². The largest absolute Gasteiger partial charge is 0.493 e. The maximum absolute atomic E-state index is 14.0. The van der Waals surface area contributed by atoms with Crippen LogP contribution in [0.5, 0.6) is 5.75 Å². The highest BCUT2D eigenvalue weighted by molar-refractivity contribution is 9.10. The van der Waals surface area contributed by atoms with Crippen LogP contribution in [0, 0.1) is 5.82 Å². The first-order valence-electron chi connectivity index (χ1n) is 6.21. The third kappa shape index (κ3) is 3.46. The van der Waals surface area contributed by atoms with Gasteiger partial charge in [0, 0.05) is 12.1 Å². The summed E-state index contributed by atoms with van der Waals surface area (Å²) in [6.45, 7) is 1.88. The van der Waals surface area contributed by atoms with E-state index < -0.39 is 34.6 Å². The summed E-state index contributed by atoms with van der Waals surface area (Å²) in [5.41, 5.74) is -4.75. The van der Waals surface area contributed by atoms with Gasteiger partial charge in [-0.2, -0.15) is 13.2 Å². The molecule has 0 fully saturated rings. The molecule has 0 aliphatic carbocycles. The van der Waals surface area contributed by atoms with Crippen molar-refractivity contribution < 1.29 is 22.3 Å². The predicted molar refractivity (Wildman–Crippen MR) is 76.5 cm³/mol. The average molecular weight is 397 g/mol. The molecule has 0 radical (unpaired) electrons. The molecule has 2 aromatic rings. The Hall–Kier alpha value is -2.10. The fourth-order valence-corrected chi connectivity index (χ4v) is 2.26. The number of alkyl halides is 3. The Morgan fingerprint density at radius 3 is 2.43 bits per heavy atom. The SMILES string of the molecule is CCOc1cc(-n2c(=O)cc(C(F)(F)F)[nH]c2=O)c(F)cc1Br. The molecular formula is C13H9BrF4N2O3. The van der Waals surface area contributed by atoms with E-state index in [1.54, 1.807) is 6.92 Å². The van der Waals surface area contributed by atoms with Crippen LogP contribution in [0.25, 0.3) is 5.69 Å². The standard InChI is InChI=1S/C13H9BrF4N2O3/c1-2-23-9-4-8(7(15)3-6(9)14)20-11(21)5-10(13(16,17)18)19-12(20)22/h3-5H,2H2,1H3,(H,19,22). The van der Waals surface area contributed by atoms with Crippen molar-refractivity contribution >= 4 is 15.9 Å². The number of benzene rings is 1. The maximum atomic E-state index is 14.0. The number of aromatic amines is 1. The fraction of sp³-hybridized carbons (Fsp3) is 0.231. The first-order chi connectivity index (χ1) is 10.6. The Labute approximate surface area is 134 Å². The first-order valence-corrected chi connectivity index (χ1v) is 7.00. The zero-order chi connectivity index (χ0) is 17.4. The van der Waals surface area contributed by atoms with Crippen molar-refractivity contribution in [1.29, 1.82) is 0 Å². The average Bonchev–Trinajstić information content (AvgIpc) is 2.41. The van der Waals surface area contributed by atoms with Crippen LogP contribution in [-0.2, 0) is 6.18 Å². The van der Waals surface area contributed by atoms with Gasteiger partial charge in [0.1, 0.15) is 17.3 Å². The number of H-pyrrole nitrogens is 1. The summed E-state index contributed by atoms with van der Waals surface area (Å²) in [6.07, 6.45) is -4.90. The molecule has 0 saturated carbocycles. The Morgan fingerprint density at radius 2 is 1.91 bits per heavy atom. The molecule has 0 saturated heterocycles. The summed E-state index contributed by atoms with van der Waals surface area (Å²) in [5, 5.41) is 0. The molecular weight excluding hydrogens is 388 g/mol. The van der Waals surface area contributed by atoms with Gasteiger partial charge in [0.15, 0.2) is 0 Å². The number of nitrogens with zero attached hydrogens (tertiary/aromatic N) is 1. The highest BCUT2D eigenvalue weighted by Gasteiger charge is 2.33. The molecule has 5 nitrogen and oxygen atoms in total. The van der Waals surface area contributed by atoms with E-state index in [4.69, 9.17) is 4.74 Å². The number of aromatic nitrogens is 2. The van der Waals surface area contributed by atoms with Gasteiger partial charge in [-0.1, -0.05) is 0 Å². The van der Waals surface area contributed by atoms with Crippen LogP contribution in [0.4, 0.5) is 17.6 Å². The molecule has 1 aromatic heterocycles. The van der Waals surface area contributed by atoms with E-state index >= 15 is 0 Å². The van der Waals surface area contributed by atoms with Gasteiger partial charge in [-0.25, -0.2) is 13.8 Å². The van der Waals surface area contributed by atoms with E-state index in [0.717, 1.165) is 12.1 Å². The lowest BCUT2D eigenvalue weighted by atomic mass is 10.2. The normalized spacial score (nSPS) is 11.6. The summed E-state index contributed by atoms with van der Waals surface area (Å²) in [7, 11) is 0. The number of hydrogen-bond acceptors (Lipinski definition) is 3. The van der Waals surface area contributed by atoms with Crippen LogP contribution in [0.3, 0.4) is 0 Å². The van der Waals surface area contributed by atoms with Gasteiger partial charge in [0.05, 0.1) is 16.8 Å². The van der Waals surface area contributed by atoms with Crippen molar-refractivity contribution in [3.8, 4) is 11.4 Å². The van der Waals surface area contributed by atoms with Gasteiger partial charge in [-0.3, -0.25) is 4.79 Å². The van der Waals surface area contributed by atoms with Crippen LogP contribution >= 0.6 is 15.9 Å². The highest BCUT2D eigenvalue weighted by atomic mass is 79.9. The van der Waals surface area contributed by atoms with Crippen molar-refractivity contribution in [3.05, 3.63) is 55.0 Å². The fourth-order valence-electron chi connectivity index (χ4n) is 1.83. The Kier molecular flexibility index (Phi) is 4.64. The van der Waals surface area contributed by atoms with Crippen molar-refractivity contribution in [2.45, 2.75) is 13.1 Å². The minimum atomic E-state index is -4.90. The smallest absolute Gasteiger partial charge is 0.431 e. The van der Waals surface area contributed by atoms with Crippen LogP contribution in [0.1, 0.15) is 12.6 Å². The zero-order valence-electron chi connectivity index (χ0n) is 11.5. The Balaban J connectivity index is 2.71. The summed E-state index contributed by atoms with van der Waals surface area (Å²) < 4.78 is 57.4. The second kappa shape index (κ2) is 6.19. The van der Waals surface area contributed by atoms with Gasteiger partial charge in [0.25, 0.3) is 5.56 Å². The quantitative estimate of drug-likeness (QED) is 0.811. The topological polar surface area (TPSA) is 64.1 Å². The van der Waals surface area contributed by atoms with E-state index in [1.165, 1.54) is 4.98 Å². The second-order valence-electron chi connectivity index (χ2n) is 4.33. The van der Waals surface area contributed by atoms with Gasteiger partial charge in [0.2, 0.25) is 0 Å². The monoisotopic (exact) mass is 396 g/mol. The molecule has 0 aliphatic heterocycles. The Bertz CT molecular complexity index is 827. The molecule has 0 atom stereocenters. The van der Waals surface area contributed by atoms with Crippen LogP contribution < -0.4 is 16.0 Å². The van der Waals surface area contributed by atoms with Gasteiger partial charge < -0.3 is 9.72 Å². The van der Waals surface area contributed by atoms with E-state index in [0.29, 0.717) is 0 Å². The van der Waals surface area contributed by atoms with Gasteiger partial charge in [-0.05, 0) is 28.9 Å². The minimum Gasteiger partial charge on any atom is -0.493 e. The molecule has 1 N–H and O–H groups in total. The summed E-state index contributed by atoms with van der Waals surface area (Å²) >= 11 is 3.04. The van der Waals surface area contributed by atoms with Crippen LogP contribution in [0.2, 0.25) is 0 Å². The molecule has 0 amide bonds. The third-order valence-electron chi connectivity index (χ3n) is 2.78. The lowest BCUT2D eigenvalue weighted by molar-refractivity contribution is -0.141. The lowest BCUT2D eigenvalue weighted by Gasteiger charge is -2.12. The lowest BCUT2D eigenvalue weighted by Crippen LogP contribution is -2.36. The van der Waals surface area contributed by atoms with E-state index in [9.17, 15) is 27.2 Å². The van der Waals surface area contributed by atoms with Crippen molar-refractivity contribution in [2.24, 2.45) is 0 Å². The summed E-state index contributed by atoms with van der Waals surface area (Å²) in [4.78, 5) is 25.2. The third-order valence-corrected chi connectivity index (χ3v) is 3.40. The Morgan fingerprint density at radius 1 is 1.26 bits per heavy atom. The number of rotatable bonds is 3. The number of ether oxygens (including phenoxy) is 1. The van der Waals surface area contributed by atoms with Crippen LogP contribution in [-0.4, -0.2) is 16.2 Å². The molecule has 2 rings (SSSR count). The van der Waals surface area contributed by atoms with E-state index in [1.807, 2.05) is 0 Å². The number of halogens is 5. The van der Waals surface area contributed by atoms with Gasteiger partial charge in [-0.15, -0.1) is 0 Å². The second-order valence-corrected chi connectivity index (χ2v) is 5.18.